The predicted molar refractivity (Wildman–Crippen MR) is 172 cm³/mol. The van der Waals surface area contributed by atoms with Gasteiger partial charge in [0.15, 0.2) is 0 Å². The highest BCUT2D eigenvalue weighted by molar-refractivity contribution is 7.70. The average molecular weight is 547 g/mol. The molecule has 0 saturated heterocycles. The Morgan fingerprint density at radius 3 is 2.26 bits per heavy atom. The molecule has 1 saturated carbocycles. The van der Waals surface area contributed by atoms with E-state index in [0.29, 0.717) is 37.1 Å². The average Bonchev–Trinajstić information content (AvgIpc) is 3.36. The maximum atomic E-state index is 12.1. The summed E-state index contributed by atoms with van der Waals surface area (Å²) >= 11 is 0. The van der Waals surface area contributed by atoms with Gasteiger partial charge >= 0.3 is 0 Å². The maximum Gasteiger partial charge on any atom is 0.223 e. The van der Waals surface area contributed by atoms with E-state index in [1.165, 1.54) is 43.2 Å². The smallest absolute Gasteiger partial charge is 0.223 e. The van der Waals surface area contributed by atoms with Crippen LogP contribution in [-0.4, -0.2) is 43.9 Å². The van der Waals surface area contributed by atoms with Crippen LogP contribution >= 0.6 is 7.04 Å². The van der Waals surface area contributed by atoms with E-state index in [1.54, 1.807) is 0 Å². The number of hydrogen-bond acceptors (Lipinski definition) is 3. The highest BCUT2D eigenvalue weighted by Gasteiger charge is 2.29. The fraction of sp³-hybridized carbons (Fsp3) is 0.667. The molecule has 2 atom stereocenters. The minimum atomic E-state index is -1.18. The Hall–Kier alpha value is -1.64. The lowest BCUT2D eigenvalue weighted by atomic mass is 9.77. The van der Waals surface area contributed by atoms with Gasteiger partial charge in [0.2, 0.25) is 5.91 Å². The number of benzene rings is 1. The number of hydrogen-bond donors (Lipinski definition) is 2. The highest BCUT2D eigenvalue weighted by atomic mass is 31.2. The molecule has 4 nitrogen and oxygen atoms in total. The van der Waals surface area contributed by atoms with Crippen LogP contribution in [-0.2, 0) is 16.0 Å². The summed E-state index contributed by atoms with van der Waals surface area (Å²) < 4.78 is 0. The lowest BCUT2D eigenvalue weighted by molar-refractivity contribution is -0.128. The molecule has 1 fully saturated rings. The molecule has 2 rings (SSSR count). The van der Waals surface area contributed by atoms with E-state index < -0.39 is 7.04 Å². The zero-order valence-corrected chi connectivity index (χ0v) is 26.5. The minimum absolute atomic E-state index is 0. The van der Waals surface area contributed by atoms with Crippen LogP contribution in [0.4, 0.5) is 0 Å². The van der Waals surface area contributed by atoms with Gasteiger partial charge in [0.05, 0.1) is 0 Å². The first-order valence-electron chi connectivity index (χ1n) is 14.7. The van der Waals surface area contributed by atoms with Crippen molar-refractivity contribution in [2.75, 3.05) is 19.9 Å². The molecule has 2 N–H and O–H groups in total. The summed E-state index contributed by atoms with van der Waals surface area (Å²) in [6, 6.07) is 11.0. The van der Waals surface area contributed by atoms with Gasteiger partial charge < -0.3 is 5.32 Å². The van der Waals surface area contributed by atoms with E-state index in [9.17, 15) is 9.59 Å². The van der Waals surface area contributed by atoms with Crippen LogP contribution < -0.4 is 10.4 Å². The fourth-order valence-electron chi connectivity index (χ4n) is 4.77. The van der Waals surface area contributed by atoms with Crippen molar-refractivity contribution in [1.29, 1.82) is 0 Å². The Bertz CT molecular complexity index is 904. The molecule has 0 aliphatic heterocycles. The van der Waals surface area contributed by atoms with E-state index in [0.717, 1.165) is 19.3 Å². The second kappa shape index (κ2) is 17.1. The molecule has 0 radical (unpaired) electrons. The molecule has 1 aliphatic rings. The van der Waals surface area contributed by atoms with Gasteiger partial charge in [-0.05, 0) is 56.4 Å². The Morgan fingerprint density at radius 2 is 1.71 bits per heavy atom. The lowest BCUT2D eigenvalue weighted by Gasteiger charge is -2.29. The summed E-state index contributed by atoms with van der Waals surface area (Å²) in [5.41, 5.74) is 2.72. The first-order chi connectivity index (χ1) is 17.7. The molecule has 38 heavy (non-hydrogen) atoms. The topological polar surface area (TPSA) is 58.2 Å². The predicted octanol–water partition coefficient (Wildman–Crippen LogP) is 8.13. The third-order valence-electron chi connectivity index (χ3n) is 8.13. The van der Waals surface area contributed by atoms with Crippen molar-refractivity contribution in [3.8, 4) is 0 Å². The Kier molecular flexibility index (Phi) is 15.5. The summed E-state index contributed by atoms with van der Waals surface area (Å²) in [6.07, 6.45) is 14.7. The maximum absolute atomic E-state index is 12.1. The molecule has 0 aromatic heterocycles. The number of aryl methyl sites for hydroxylation is 1. The standard InChI is InChI=1S/C17H31NO2.C16H26NP.H2/c1-5-17(3,4)13(2)16(20)18-11-10-15(19)12-14-8-6-7-9-14;1-14(15(2)17-18(3,4)5)10-9-13-16-11-7-6-8-12-16;/h13-14H,5-12H2,1-4H3,(H,18,20);6-8,11-12,15,17H,1,3,9-10,13H2,2,4-5H3;1H/t13-;15-;/m00./s1. The third-order valence-corrected chi connectivity index (χ3v) is 9.22. The van der Waals surface area contributed by atoms with Gasteiger partial charge in [-0.15, -0.1) is 0 Å². The van der Waals surface area contributed by atoms with Crippen LogP contribution in [0.2, 0.25) is 0 Å². The summed E-state index contributed by atoms with van der Waals surface area (Å²) in [6.45, 7) is 19.6. The van der Waals surface area contributed by atoms with Gasteiger partial charge in [-0.3, -0.25) is 14.7 Å². The number of nitrogens with one attached hydrogen (secondary N) is 2. The van der Waals surface area contributed by atoms with Gasteiger partial charge in [0, 0.05) is 32.8 Å². The quantitative estimate of drug-likeness (QED) is 0.172. The molecular formula is C33H59N2O2P. The van der Waals surface area contributed by atoms with E-state index in [-0.39, 0.29) is 18.7 Å². The normalized spacial score (nSPS) is 15.8. The second-order valence-corrected chi connectivity index (χ2v) is 16.2. The van der Waals surface area contributed by atoms with E-state index >= 15 is 0 Å². The fourth-order valence-corrected chi connectivity index (χ4v) is 6.01. The first-order valence-corrected chi connectivity index (χ1v) is 17.6. The van der Waals surface area contributed by atoms with Crippen molar-refractivity contribution in [2.45, 2.75) is 105 Å². The molecule has 0 bridgehead atoms. The van der Waals surface area contributed by atoms with Crippen LogP contribution in [0.5, 0.6) is 0 Å². The molecule has 0 heterocycles. The van der Waals surface area contributed by atoms with Crippen molar-refractivity contribution in [2.24, 2.45) is 17.3 Å². The Labute approximate surface area is 236 Å². The van der Waals surface area contributed by atoms with E-state index in [1.807, 2.05) is 6.92 Å². The molecule has 1 aromatic carbocycles. The number of Topliss-reactive ketones (excluding diaryl/α,β-unsaturated/α-hetero) is 1. The van der Waals surface area contributed by atoms with E-state index in [2.05, 4.69) is 94.6 Å². The van der Waals surface area contributed by atoms with Gasteiger partial charge in [-0.1, -0.05) is 116 Å². The highest BCUT2D eigenvalue weighted by Crippen LogP contribution is 2.32. The van der Waals surface area contributed by atoms with Crippen molar-refractivity contribution in [3.05, 3.63) is 48.0 Å². The number of amides is 1. The molecule has 218 valence electrons. The minimum Gasteiger partial charge on any atom is -0.355 e. The number of rotatable bonds is 15. The summed E-state index contributed by atoms with van der Waals surface area (Å²) in [5.74, 6) is 0.971. The molecule has 0 unspecified atom stereocenters. The van der Waals surface area contributed by atoms with Gasteiger partial charge in [0.25, 0.3) is 0 Å². The van der Waals surface area contributed by atoms with Gasteiger partial charge in [-0.2, -0.15) is 0 Å². The van der Waals surface area contributed by atoms with Gasteiger partial charge in [0.1, 0.15) is 5.78 Å². The van der Waals surface area contributed by atoms with Crippen LogP contribution in [0.15, 0.2) is 42.5 Å². The van der Waals surface area contributed by atoms with Crippen molar-refractivity contribution >= 4 is 25.0 Å². The molecular weight excluding hydrogens is 487 g/mol. The second-order valence-electron chi connectivity index (χ2n) is 12.5. The van der Waals surface area contributed by atoms with Crippen molar-refractivity contribution in [3.63, 3.8) is 0 Å². The zero-order chi connectivity index (χ0) is 28.8. The summed E-state index contributed by atoms with van der Waals surface area (Å²) in [5, 5.41) is 6.49. The van der Waals surface area contributed by atoms with Crippen LogP contribution in [0.1, 0.15) is 99.4 Å². The zero-order valence-electron chi connectivity index (χ0n) is 25.6. The monoisotopic (exact) mass is 546 g/mol. The van der Waals surface area contributed by atoms with Gasteiger partial charge in [-0.25, -0.2) is 0 Å². The van der Waals surface area contributed by atoms with Crippen molar-refractivity contribution in [1.82, 2.24) is 10.4 Å². The number of carbonyl (C=O) groups is 2. The molecule has 1 aliphatic carbocycles. The van der Waals surface area contributed by atoms with Crippen LogP contribution in [0, 0.1) is 17.3 Å². The third kappa shape index (κ3) is 14.5. The molecule has 1 amide bonds. The van der Waals surface area contributed by atoms with Crippen LogP contribution in [0.3, 0.4) is 0 Å². The Balaban J connectivity index is 0.000000726. The van der Waals surface area contributed by atoms with Crippen LogP contribution in [0.25, 0.3) is 0 Å². The molecule has 0 spiro atoms. The lowest BCUT2D eigenvalue weighted by Crippen LogP contribution is -2.38. The summed E-state index contributed by atoms with van der Waals surface area (Å²) in [7, 11) is -1.18. The van der Waals surface area contributed by atoms with Crippen molar-refractivity contribution < 1.29 is 11.0 Å². The number of carbonyl (C=O) groups excluding carboxylic acids is 2. The van der Waals surface area contributed by atoms with E-state index in [4.69, 9.17) is 0 Å². The SMILES string of the molecule is C=C(CCCc1ccccc1)[C@H](C)NP(=C)(C)C.CCC(C)(C)[C@@H](C)C(=O)NCCC(=O)CC1CCCC1.[HH]. The summed E-state index contributed by atoms with van der Waals surface area (Å²) in [4.78, 5) is 23.9. The molecule has 1 aromatic rings. The Morgan fingerprint density at radius 1 is 1.11 bits per heavy atom. The number of ketones is 1. The largest absolute Gasteiger partial charge is 0.355 e. The molecule has 5 heteroatoms. The first kappa shape index (κ1) is 34.4.